The van der Waals surface area contributed by atoms with Crippen molar-refractivity contribution in [1.82, 2.24) is 0 Å². The molecule has 0 aliphatic carbocycles. The molecule has 0 spiro atoms. The van der Waals surface area contributed by atoms with Crippen LogP contribution in [0.25, 0.3) is 0 Å². The van der Waals surface area contributed by atoms with Crippen molar-refractivity contribution in [3.8, 4) is 5.75 Å². The van der Waals surface area contributed by atoms with Crippen LogP contribution in [-0.4, -0.2) is 6.61 Å². The van der Waals surface area contributed by atoms with Gasteiger partial charge in [0.15, 0.2) is 0 Å². The highest BCUT2D eigenvalue weighted by atomic mass is 79.9. The van der Waals surface area contributed by atoms with E-state index in [9.17, 15) is 8.78 Å². The lowest BCUT2D eigenvalue weighted by atomic mass is 10.2. The van der Waals surface area contributed by atoms with E-state index in [0.717, 1.165) is 15.7 Å². The van der Waals surface area contributed by atoms with Gasteiger partial charge in [0.1, 0.15) is 5.75 Å². The Balaban J connectivity index is 1.95. The lowest BCUT2D eigenvalue weighted by Crippen LogP contribution is -2.02. The minimum Gasteiger partial charge on any atom is -0.435 e. The zero-order valence-corrected chi connectivity index (χ0v) is 12.6. The highest BCUT2D eigenvalue weighted by Gasteiger charge is 2.04. The number of halogens is 4. The number of benzene rings is 2. The zero-order chi connectivity index (χ0) is 14.5. The molecule has 1 N–H and O–H groups in total. The zero-order valence-electron chi connectivity index (χ0n) is 10.2. The molecule has 0 unspecified atom stereocenters. The Kier molecular flexibility index (Phi) is 5.20. The number of ether oxygens (including phenoxy) is 1. The molecule has 0 amide bonds. The van der Waals surface area contributed by atoms with Crippen LogP contribution in [0.4, 0.5) is 14.5 Å². The van der Waals surface area contributed by atoms with Crippen LogP contribution in [0.3, 0.4) is 0 Å². The number of rotatable bonds is 5. The molecule has 6 heteroatoms. The van der Waals surface area contributed by atoms with Gasteiger partial charge in [0.05, 0.1) is 5.02 Å². The first-order valence-electron chi connectivity index (χ1n) is 5.77. The molecule has 0 saturated heterocycles. The molecule has 0 bridgehead atoms. The number of hydrogen-bond acceptors (Lipinski definition) is 2. The van der Waals surface area contributed by atoms with Crippen LogP contribution in [0.15, 0.2) is 46.9 Å². The average molecular weight is 363 g/mol. The Morgan fingerprint density at radius 2 is 1.85 bits per heavy atom. The molecule has 20 heavy (non-hydrogen) atoms. The normalized spacial score (nSPS) is 10.7. The number of alkyl halides is 2. The van der Waals surface area contributed by atoms with Gasteiger partial charge in [-0.2, -0.15) is 8.78 Å². The van der Waals surface area contributed by atoms with Gasteiger partial charge in [0.25, 0.3) is 0 Å². The minimum absolute atomic E-state index is 0.149. The van der Waals surface area contributed by atoms with Crippen molar-refractivity contribution in [2.75, 3.05) is 5.32 Å². The van der Waals surface area contributed by atoms with E-state index in [1.165, 1.54) is 12.1 Å². The average Bonchev–Trinajstić information content (AvgIpc) is 2.41. The van der Waals surface area contributed by atoms with Gasteiger partial charge >= 0.3 is 6.61 Å². The summed E-state index contributed by atoms with van der Waals surface area (Å²) < 4.78 is 29.1. The van der Waals surface area contributed by atoms with Crippen molar-refractivity contribution >= 4 is 33.2 Å². The second-order valence-electron chi connectivity index (χ2n) is 4.00. The number of anilines is 1. The summed E-state index contributed by atoms with van der Waals surface area (Å²) in [7, 11) is 0. The summed E-state index contributed by atoms with van der Waals surface area (Å²) in [5.74, 6) is 0.149. The van der Waals surface area contributed by atoms with Crippen LogP contribution >= 0.6 is 27.5 Å². The SMILES string of the molecule is FC(F)Oc1ccc(CNc2ccc(Br)c(Cl)c2)cc1. The predicted molar refractivity (Wildman–Crippen MR) is 79.6 cm³/mol. The number of hydrogen-bond donors (Lipinski definition) is 1. The van der Waals surface area contributed by atoms with Crippen molar-refractivity contribution in [2.24, 2.45) is 0 Å². The van der Waals surface area contributed by atoms with E-state index in [2.05, 4.69) is 26.0 Å². The lowest BCUT2D eigenvalue weighted by molar-refractivity contribution is -0.0498. The van der Waals surface area contributed by atoms with Gasteiger partial charge < -0.3 is 10.1 Å². The van der Waals surface area contributed by atoms with Gasteiger partial charge in [-0.25, -0.2) is 0 Å². The maximum Gasteiger partial charge on any atom is 0.387 e. The Hall–Kier alpha value is -1.33. The quantitative estimate of drug-likeness (QED) is 0.777. The molecule has 0 aromatic heterocycles. The van der Waals surface area contributed by atoms with E-state index < -0.39 is 6.61 Å². The monoisotopic (exact) mass is 361 g/mol. The van der Waals surface area contributed by atoms with Crippen LogP contribution in [-0.2, 0) is 6.54 Å². The molecule has 106 valence electrons. The molecule has 2 aromatic carbocycles. The van der Waals surface area contributed by atoms with Gasteiger partial charge in [-0.3, -0.25) is 0 Å². The fourth-order valence-corrected chi connectivity index (χ4v) is 2.03. The van der Waals surface area contributed by atoms with Crippen LogP contribution in [0.2, 0.25) is 5.02 Å². The fraction of sp³-hybridized carbons (Fsp3) is 0.143. The van der Waals surface area contributed by atoms with Gasteiger partial charge in [-0.15, -0.1) is 0 Å². The second-order valence-corrected chi connectivity index (χ2v) is 5.27. The van der Waals surface area contributed by atoms with E-state index in [0.29, 0.717) is 11.6 Å². The molecule has 0 fully saturated rings. The van der Waals surface area contributed by atoms with E-state index in [4.69, 9.17) is 11.6 Å². The fourth-order valence-electron chi connectivity index (χ4n) is 1.60. The summed E-state index contributed by atoms with van der Waals surface area (Å²) in [6.07, 6.45) is 0. The van der Waals surface area contributed by atoms with Crippen molar-refractivity contribution in [3.63, 3.8) is 0 Å². The molecular formula is C14H11BrClF2NO. The van der Waals surface area contributed by atoms with Gasteiger partial charge in [0, 0.05) is 16.7 Å². The standard InChI is InChI=1S/C14H11BrClF2NO/c15-12-6-3-10(7-13(12)16)19-8-9-1-4-11(5-2-9)20-14(17)18/h1-7,14,19H,8H2. The third-order valence-corrected chi connectivity index (χ3v) is 3.80. The van der Waals surface area contributed by atoms with E-state index in [1.54, 1.807) is 18.2 Å². The Morgan fingerprint density at radius 3 is 2.45 bits per heavy atom. The minimum atomic E-state index is -2.80. The Labute approximate surface area is 128 Å². The summed E-state index contributed by atoms with van der Waals surface area (Å²) in [6, 6.07) is 12.0. The first kappa shape index (κ1) is 15.1. The van der Waals surface area contributed by atoms with Crippen LogP contribution in [0.1, 0.15) is 5.56 Å². The molecule has 0 radical (unpaired) electrons. The molecule has 0 aliphatic heterocycles. The third kappa shape index (κ3) is 4.35. The topological polar surface area (TPSA) is 21.3 Å². The highest BCUT2D eigenvalue weighted by molar-refractivity contribution is 9.10. The molecule has 0 atom stereocenters. The van der Waals surface area contributed by atoms with E-state index in [-0.39, 0.29) is 5.75 Å². The summed E-state index contributed by atoms with van der Waals surface area (Å²) in [5.41, 5.74) is 1.83. The molecule has 0 saturated carbocycles. The first-order chi connectivity index (χ1) is 9.54. The summed E-state index contributed by atoms with van der Waals surface area (Å²) in [4.78, 5) is 0. The highest BCUT2D eigenvalue weighted by Crippen LogP contribution is 2.25. The molecule has 2 aromatic rings. The molecule has 2 nitrogen and oxygen atoms in total. The maximum absolute atomic E-state index is 12.0. The van der Waals surface area contributed by atoms with Crippen molar-refractivity contribution in [2.45, 2.75) is 13.2 Å². The molecule has 0 aliphatic rings. The van der Waals surface area contributed by atoms with Gasteiger partial charge in [-0.1, -0.05) is 23.7 Å². The summed E-state index contributed by atoms with van der Waals surface area (Å²) in [6.45, 7) is -2.24. The maximum atomic E-state index is 12.0. The Bertz CT molecular complexity index is 578. The summed E-state index contributed by atoms with van der Waals surface area (Å²) in [5, 5.41) is 3.82. The summed E-state index contributed by atoms with van der Waals surface area (Å²) >= 11 is 9.31. The predicted octanol–water partition coefficient (Wildman–Crippen LogP) is 5.32. The van der Waals surface area contributed by atoms with Crippen molar-refractivity contribution < 1.29 is 13.5 Å². The third-order valence-electron chi connectivity index (χ3n) is 2.56. The van der Waals surface area contributed by atoms with Gasteiger partial charge in [-0.05, 0) is 51.8 Å². The van der Waals surface area contributed by atoms with Crippen LogP contribution in [0, 0.1) is 0 Å². The largest absolute Gasteiger partial charge is 0.435 e. The molecule has 2 rings (SSSR count). The first-order valence-corrected chi connectivity index (χ1v) is 6.94. The van der Waals surface area contributed by atoms with E-state index in [1.807, 2.05) is 12.1 Å². The number of nitrogens with one attached hydrogen (secondary N) is 1. The second kappa shape index (κ2) is 6.90. The van der Waals surface area contributed by atoms with E-state index >= 15 is 0 Å². The van der Waals surface area contributed by atoms with Crippen LogP contribution in [0.5, 0.6) is 5.75 Å². The molecular weight excluding hydrogens is 352 g/mol. The van der Waals surface area contributed by atoms with Crippen LogP contribution < -0.4 is 10.1 Å². The lowest BCUT2D eigenvalue weighted by Gasteiger charge is -2.09. The van der Waals surface area contributed by atoms with Crippen molar-refractivity contribution in [1.29, 1.82) is 0 Å². The van der Waals surface area contributed by atoms with Gasteiger partial charge in [0.2, 0.25) is 0 Å². The van der Waals surface area contributed by atoms with Crippen molar-refractivity contribution in [3.05, 3.63) is 57.5 Å². The smallest absolute Gasteiger partial charge is 0.387 e. The molecule has 0 heterocycles. The Morgan fingerprint density at radius 1 is 1.15 bits per heavy atom.